The first-order valence-electron chi connectivity index (χ1n) is 5.91. The Balaban J connectivity index is 2.46. The second-order valence-electron chi connectivity index (χ2n) is 4.30. The van der Waals surface area contributed by atoms with Crippen LogP contribution < -0.4 is 4.65 Å². The number of halogens is 2. The number of fused-ring (bicyclic) bond motifs is 2. The molecule has 0 atom stereocenters. The van der Waals surface area contributed by atoms with Crippen molar-refractivity contribution >= 4 is 60.7 Å². The van der Waals surface area contributed by atoms with Gasteiger partial charge >= 0.3 is 7.32 Å². The number of rotatable bonds is 2. The van der Waals surface area contributed by atoms with E-state index in [2.05, 4.69) is 31.9 Å². The van der Waals surface area contributed by atoms with Gasteiger partial charge in [-0.1, -0.05) is 36.4 Å². The topological polar surface area (TPSA) is 49.7 Å². The molecule has 0 saturated carbocycles. The lowest BCUT2D eigenvalue weighted by atomic mass is 10.0. The van der Waals surface area contributed by atoms with Crippen LogP contribution in [0.15, 0.2) is 51.4 Å². The van der Waals surface area contributed by atoms with Gasteiger partial charge in [-0.15, -0.1) is 0 Å². The van der Waals surface area contributed by atoms with Gasteiger partial charge in [0.1, 0.15) is 5.75 Å². The third kappa shape index (κ3) is 2.22. The highest BCUT2D eigenvalue weighted by Gasteiger charge is 2.18. The minimum absolute atomic E-state index is 0.413. The summed E-state index contributed by atoms with van der Waals surface area (Å²) in [6, 6.07) is 13.4. The quantitative estimate of drug-likeness (QED) is 0.511. The molecule has 3 aromatic carbocycles. The van der Waals surface area contributed by atoms with Gasteiger partial charge in [-0.2, -0.15) is 0 Å². The summed E-state index contributed by atoms with van der Waals surface area (Å²) in [6.07, 6.45) is 0. The Morgan fingerprint density at radius 1 is 0.800 bits per heavy atom. The lowest BCUT2D eigenvalue weighted by Gasteiger charge is -2.14. The highest BCUT2D eigenvalue weighted by atomic mass is 79.9. The predicted molar refractivity (Wildman–Crippen MR) is 87.7 cm³/mol. The first-order valence-corrected chi connectivity index (χ1v) is 7.49. The Labute approximate surface area is 132 Å². The molecule has 20 heavy (non-hydrogen) atoms. The van der Waals surface area contributed by atoms with E-state index in [0.717, 1.165) is 30.5 Å². The van der Waals surface area contributed by atoms with Crippen molar-refractivity contribution in [3.05, 3.63) is 51.4 Å². The molecule has 0 spiro atoms. The molecular formula is C14H9BBr2O3. The molecule has 0 aromatic heterocycles. The van der Waals surface area contributed by atoms with Crippen molar-refractivity contribution in [1.82, 2.24) is 0 Å². The van der Waals surface area contributed by atoms with Crippen LogP contribution in [0.25, 0.3) is 21.5 Å². The molecule has 6 heteroatoms. The molecule has 3 nitrogen and oxygen atoms in total. The van der Waals surface area contributed by atoms with Crippen LogP contribution in [0.1, 0.15) is 0 Å². The number of benzene rings is 3. The SMILES string of the molecule is OB(O)Oc1cccc2c(Br)c3ccccc3c(Br)c12. The summed E-state index contributed by atoms with van der Waals surface area (Å²) in [5.41, 5.74) is 0. The van der Waals surface area contributed by atoms with Crippen LogP contribution in [0.2, 0.25) is 0 Å². The van der Waals surface area contributed by atoms with Crippen molar-refractivity contribution in [1.29, 1.82) is 0 Å². The highest BCUT2D eigenvalue weighted by molar-refractivity contribution is 9.11. The van der Waals surface area contributed by atoms with Crippen LogP contribution >= 0.6 is 31.9 Å². The van der Waals surface area contributed by atoms with Gasteiger partial charge in [0, 0.05) is 19.7 Å². The van der Waals surface area contributed by atoms with Crippen LogP contribution in [-0.4, -0.2) is 17.4 Å². The molecule has 0 aliphatic heterocycles. The first-order chi connectivity index (χ1) is 9.59. The van der Waals surface area contributed by atoms with E-state index in [0.29, 0.717) is 5.75 Å². The second-order valence-corrected chi connectivity index (χ2v) is 5.88. The van der Waals surface area contributed by atoms with E-state index in [1.54, 1.807) is 6.07 Å². The molecule has 100 valence electrons. The molecule has 0 aliphatic rings. The minimum Gasteiger partial charge on any atom is -0.511 e. The third-order valence-corrected chi connectivity index (χ3v) is 4.79. The molecule has 0 saturated heterocycles. The van der Waals surface area contributed by atoms with Gasteiger partial charge in [0.2, 0.25) is 0 Å². The summed E-state index contributed by atoms with van der Waals surface area (Å²) in [4.78, 5) is 0. The maximum Gasteiger partial charge on any atom is 0.707 e. The molecule has 0 heterocycles. The van der Waals surface area contributed by atoms with E-state index in [1.165, 1.54) is 0 Å². The summed E-state index contributed by atoms with van der Waals surface area (Å²) in [5.74, 6) is 0.413. The fourth-order valence-electron chi connectivity index (χ4n) is 2.30. The molecule has 3 rings (SSSR count). The minimum atomic E-state index is -1.85. The third-order valence-electron chi connectivity index (χ3n) is 3.11. The van der Waals surface area contributed by atoms with Crippen molar-refractivity contribution in [2.75, 3.05) is 0 Å². The molecule has 0 fully saturated rings. The largest absolute Gasteiger partial charge is 0.707 e. The van der Waals surface area contributed by atoms with Gasteiger partial charge in [-0.05, 0) is 48.7 Å². The van der Waals surface area contributed by atoms with Gasteiger partial charge in [0.25, 0.3) is 0 Å². The fraction of sp³-hybridized carbons (Fsp3) is 0. The smallest absolute Gasteiger partial charge is 0.511 e. The van der Waals surface area contributed by atoms with Crippen LogP contribution in [0.4, 0.5) is 0 Å². The Morgan fingerprint density at radius 3 is 2.05 bits per heavy atom. The number of hydrogen-bond acceptors (Lipinski definition) is 3. The van der Waals surface area contributed by atoms with Gasteiger partial charge in [-0.25, -0.2) is 0 Å². The standard InChI is InChI=1S/C14H9BBr2O3/c16-13-8-4-1-2-5-9(8)14(17)12-10(13)6-3-7-11(12)20-15(18)19/h1-7,18-19H. The van der Waals surface area contributed by atoms with E-state index in [1.807, 2.05) is 36.4 Å². The zero-order valence-corrected chi connectivity index (χ0v) is 13.3. The molecule has 0 bridgehead atoms. The fourth-order valence-corrected chi connectivity index (χ4v) is 3.73. The zero-order valence-electron chi connectivity index (χ0n) is 10.2. The Morgan fingerprint density at radius 2 is 1.40 bits per heavy atom. The maximum absolute atomic E-state index is 9.05. The van der Waals surface area contributed by atoms with E-state index in [9.17, 15) is 0 Å². The highest BCUT2D eigenvalue weighted by Crippen LogP contribution is 2.42. The van der Waals surface area contributed by atoms with Crippen molar-refractivity contribution in [3.63, 3.8) is 0 Å². The maximum atomic E-state index is 9.05. The van der Waals surface area contributed by atoms with E-state index < -0.39 is 7.32 Å². The average molecular weight is 396 g/mol. The lowest BCUT2D eigenvalue weighted by molar-refractivity contribution is 0.289. The van der Waals surface area contributed by atoms with Crippen LogP contribution in [-0.2, 0) is 0 Å². The molecule has 0 amide bonds. The normalized spacial score (nSPS) is 11.0. The zero-order chi connectivity index (χ0) is 14.3. The molecule has 0 aliphatic carbocycles. The second kappa shape index (κ2) is 5.37. The summed E-state index contributed by atoms with van der Waals surface area (Å²) in [5, 5.41) is 21.9. The van der Waals surface area contributed by atoms with E-state index >= 15 is 0 Å². The van der Waals surface area contributed by atoms with Crippen LogP contribution in [0, 0.1) is 0 Å². The average Bonchev–Trinajstić information content (AvgIpc) is 2.44. The van der Waals surface area contributed by atoms with Gasteiger partial charge in [0.15, 0.2) is 0 Å². The van der Waals surface area contributed by atoms with Crippen LogP contribution in [0.3, 0.4) is 0 Å². The van der Waals surface area contributed by atoms with Crippen molar-refractivity contribution in [3.8, 4) is 5.75 Å². The van der Waals surface area contributed by atoms with E-state index in [-0.39, 0.29) is 0 Å². The number of hydrogen-bond donors (Lipinski definition) is 2. The van der Waals surface area contributed by atoms with Gasteiger partial charge < -0.3 is 14.7 Å². The van der Waals surface area contributed by atoms with Gasteiger partial charge in [-0.3, -0.25) is 0 Å². The summed E-state index contributed by atoms with van der Waals surface area (Å²) < 4.78 is 6.88. The molecule has 0 unspecified atom stereocenters. The monoisotopic (exact) mass is 394 g/mol. The molecule has 2 N–H and O–H groups in total. The van der Waals surface area contributed by atoms with E-state index in [4.69, 9.17) is 14.7 Å². The summed E-state index contributed by atoms with van der Waals surface area (Å²) in [6.45, 7) is 0. The Hall–Kier alpha value is -1.08. The molecule has 0 radical (unpaired) electrons. The predicted octanol–water partition coefficient (Wildman–Crippen LogP) is 3.87. The van der Waals surface area contributed by atoms with Crippen molar-refractivity contribution in [2.45, 2.75) is 0 Å². The summed E-state index contributed by atoms with van der Waals surface area (Å²) >= 11 is 7.21. The van der Waals surface area contributed by atoms with Crippen molar-refractivity contribution < 1.29 is 14.7 Å². The Bertz CT molecular complexity index is 805. The molecular weight excluding hydrogens is 387 g/mol. The van der Waals surface area contributed by atoms with Crippen LogP contribution in [0.5, 0.6) is 5.75 Å². The van der Waals surface area contributed by atoms with Gasteiger partial charge in [0.05, 0.1) is 0 Å². The lowest BCUT2D eigenvalue weighted by Crippen LogP contribution is -2.20. The first kappa shape index (κ1) is 13.9. The Kier molecular flexibility index (Phi) is 3.73. The molecule has 3 aromatic rings. The summed E-state index contributed by atoms with van der Waals surface area (Å²) in [7, 11) is -1.85. The van der Waals surface area contributed by atoms with Crippen molar-refractivity contribution in [2.24, 2.45) is 0 Å².